The third kappa shape index (κ3) is 3.68. The summed E-state index contributed by atoms with van der Waals surface area (Å²) in [5.74, 6) is 0.645. The van der Waals surface area contributed by atoms with Gasteiger partial charge in [0.1, 0.15) is 0 Å². The molecule has 1 atom stereocenters. The molecule has 0 radical (unpaired) electrons. The number of nitrogens with one attached hydrogen (secondary N) is 2. The second-order valence-electron chi connectivity index (χ2n) is 6.69. The minimum atomic E-state index is -0.196. The summed E-state index contributed by atoms with van der Waals surface area (Å²) in [5.41, 5.74) is 0.201. The average Bonchev–Trinajstić information content (AvgIpc) is 3.32. The molecule has 1 aromatic rings. The third-order valence-electron chi connectivity index (χ3n) is 4.91. The molecule has 0 saturated carbocycles. The van der Waals surface area contributed by atoms with Gasteiger partial charge in [-0.1, -0.05) is 19.8 Å². The van der Waals surface area contributed by atoms with Gasteiger partial charge in [0.15, 0.2) is 11.5 Å². The molecule has 0 aliphatic carbocycles. The Balaban J connectivity index is 1.57. The van der Waals surface area contributed by atoms with Crippen LogP contribution >= 0.6 is 0 Å². The van der Waals surface area contributed by atoms with Crippen molar-refractivity contribution in [1.29, 1.82) is 0 Å². The van der Waals surface area contributed by atoms with Crippen LogP contribution in [-0.2, 0) is 0 Å². The van der Waals surface area contributed by atoms with Crippen LogP contribution in [0.1, 0.15) is 55.9 Å². The Labute approximate surface area is 142 Å². The van der Waals surface area contributed by atoms with Gasteiger partial charge < -0.3 is 9.80 Å². The zero-order chi connectivity index (χ0) is 16.9. The number of hydrogen-bond donors (Lipinski definition) is 2. The first-order chi connectivity index (χ1) is 11.7. The first-order valence-corrected chi connectivity index (χ1v) is 8.95. The number of aromatic amines is 1. The predicted molar refractivity (Wildman–Crippen MR) is 89.7 cm³/mol. The molecule has 3 heterocycles. The van der Waals surface area contributed by atoms with Gasteiger partial charge in [0, 0.05) is 26.2 Å². The molecular weight excluding hydrogens is 308 g/mol. The number of carbonyl (C=O) groups is 2. The van der Waals surface area contributed by atoms with Gasteiger partial charge in [0.05, 0.1) is 0 Å². The molecular formula is C16H26N6O2. The molecule has 8 nitrogen and oxygen atoms in total. The van der Waals surface area contributed by atoms with E-state index in [0.717, 1.165) is 45.4 Å². The molecule has 2 aliphatic rings. The van der Waals surface area contributed by atoms with Crippen molar-refractivity contribution in [2.24, 2.45) is 5.92 Å². The van der Waals surface area contributed by atoms with E-state index in [2.05, 4.69) is 27.7 Å². The van der Waals surface area contributed by atoms with Gasteiger partial charge in [-0.3, -0.25) is 10.1 Å². The SMILES string of the molecule is CCCCC1CCN(C(=O)Nc2n[nH]nc2C(=O)N2CCCC2)C1. The molecule has 0 bridgehead atoms. The van der Waals surface area contributed by atoms with Crippen molar-refractivity contribution in [2.75, 3.05) is 31.5 Å². The van der Waals surface area contributed by atoms with Crippen molar-refractivity contribution in [2.45, 2.75) is 45.4 Å². The molecule has 2 saturated heterocycles. The Morgan fingerprint density at radius 3 is 2.75 bits per heavy atom. The monoisotopic (exact) mass is 334 g/mol. The highest BCUT2D eigenvalue weighted by molar-refractivity contribution is 6.00. The van der Waals surface area contributed by atoms with Gasteiger partial charge in [-0.15, -0.1) is 10.2 Å². The third-order valence-corrected chi connectivity index (χ3v) is 4.91. The second kappa shape index (κ2) is 7.63. The zero-order valence-corrected chi connectivity index (χ0v) is 14.3. The van der Waals surface area contributed by atoms with Gasteiger partial charge in [0.2, 0.25) is 0 Å². The van der Waals surface area contributed by atoms with Gasteiger partial charge in [-0.25, -0.2) is 4.79 Å². The number of urea groups is 1. The molecule has 3 rings (SSSR count). The number of likely N-dealkylation sites (tertiary alicyclic amines) is 2. The van der Waals surface area contributed by atoms with Crippen LogP contribution < -0.4 is 5.32 Å². The van der Waals surface area contributed by atoms with E-state index in [-0.39, 0.29) is 23.5 Å². The largest absolute Gasteiger partial charge is 0.337 e. The fourth-order valence-corrected chi connectivity index (χ4v) is 3.46. The molecule has 2 aliphatic heterocycles. The lowest BCUT2D eigenvalue weighted by Gasteiger charge is -2.17. The van der Waals surface area contributed by atoms with E-state index in [1.807, 2.05) is 0 Å². The van der Waals surface area contributed by atoms with Crippen molar-refractivity contribution < 1.29 is 9.59 Å². The molecule has 2 fully saturated rings. The second-order valence-corrected chi connectivity index (χ2v) is 6.69. The van der Waals surface area contributed by atoms with Crippen LogP contribution in [0.3, 0.4) is 0 Å². The number of hydrogen-bond acceptors (Lipinski definition) is 4. The number of amides is 3. The van der Waals surface area contributed by atoms with Crippen molar-refractivity contribution in [3.8, 4) is 0 Å². The molecule has 2 N–H and O–H groups in total. The van der Waals surface area contributed by atoms with Crippen LogP contribution in [-0.4, -0.2) is 63.3 Å². The summed E-state index contributed by atoms with van der Waals surface area (Å²) in [4.78, 5) is 28.4. The Kier molecular flexibility index (Phi) is 5.32. The lowest BCUT2D eigenvalue weighted by molar-refractivity contribution is 0.0788. The van der Waals surface area contributed by atoms with Crippen molar-refractivity contribution >= 4 is 17.8 Å². The van der Waals surface area contributed by atoms with Gasteiger partial charge in [-0.05, 0) is 31.6 Å². The summed E-state index contributed by atoms with van der Waals surface area (Å²) >= 11 is 0. The molecule has 0 spiro atoms. The lowest BCUT2D eigenvalue weighted by atomic mass is 10.0. The highest BCUT2D eigenvalue weighted by Gasteiger charge is 2.29. The summed E-state index contributed by atoms with van der Waals surface area (Å²) in [6.07, 6.45) is 6.63. The number of aromatic nitrogens is 3. The van der Waals surface area contributed by atoms with Gasteiger partial charge in [0.25, 0.3) is 5.91 Å². The summed E-state index contributed by atoms with van der Waals surface area (Å²) in [5, 5.41) is 13.1. The van der Waals surface area contributed by atoms with Crippen LogP contribution in [0, 0.1) is 5.92 Å². The number of unbranched alkanes of at least 4 members (excludes halogenated alkanes) is 1. The Bertz CT molecular complexity index is 581. The fraction of sp³-hybridized carbons (Fsp3) is 0.750. The van der Waals surface area contributed by atoms with Crippen molar-refractivity contribution in [1.82, 2.24) is 25.2 Å². The molecule has 132 valence electrons. The predicted octanol–water partition coefficient (Wildman–Crippen LogP) is 2.08. The smallest absolute Gasteiger partial charge is 0.323 e. The van der Waals surface area contributed by atoms with Gasteiger partial charge >= 0.3 is 6.03 Å². The summed E-state index contributed by atoms with van der Waals surface area (Å²) < 4.78 is 0. The minimum Gasteiger partial charge on any atom is -0.337 e. The van der Waals surface area contributed by atoms with Crippen LogP contribution in [0.15, 0.2) is 0 Å². The van der Waals surface area contributed by atoms with E-state index in [0.29, 0.717) is 5.92 Å². The highest BCUT2D eigenvalue weighted by Crippen LogP contribution is 2.23. The number of carbonyl (C=O) groups excluding carboxylic acids is 2. The van der Waals surface area contributed by atoms with E-state index in [1.54, 1.807) is 9.80 Å². The van der Waals surface area contributed by atoms with E-state index < -0.39 is 0 Å². The topological polar surface area (TPSA) is 94.2 Å². The Hall–Kier alpha value is -2.12. The maximum Gasteiger partial charge on any atom is 0.323 e. The summed E-state index contributed by atoms with van der Waals surface area (Å²) in [6.45, 7) is 5.20. The van der Waals surface area contributed by atoms with Crippen LogP contribution in [0.5, 0.6) is 0 Å². The van der Waals surface area contributed by atoms with Crippen LogP contribution in [0.2, 0.25) is 0 Å². The maximum atomic E-state index is 12.4. The van der Waals surface area contributed by atoms with E-state index >= 15 is 0 Å². The quantitative estimate of drug-likeness (QED) is 0.862. The number of H-pyrrole nitrogens is 1. The van der Waals surface area contributed by atoms with E-state index in [4.69, 9.17) is 0 Å². The number of anilines is 1. The summed E-state index contributed by atoms with van der Waals surface area (Å²) in [7, 11) is 0. The minimum absolute atomic E-state index is 0.168. The normalized spacial score (nSPS) is 20.6. The Morgan fingerprint density at radius 2 is 2.00 bits per heavy atom. The fourth-order valence-electron chi connectivity index (χ4n) is 3.46. The van der Waals surface area contributed by atoms with Crippen LogP contribution in [0.4, 0.5) is 10.6 Å². The number of nitrogens with zero attached hydrogens (tertiary/aromatic N) is 4. The first-order valence-electron chi connectivity index (χ1n) is 8.95. The lowest BCUT2D eigenvalue weighted by Crippen LogP contribution is -2.34. The molecule has 24 heavy (non-hydrogen) atoms. The highest BCUT2D eigenvalue weighted by atomic mass is 16.2. The van der Waals surface area contributed by atoms with E-state index in [1.165, 1.54) is 19.3 Å². The van der Waals surface area contributed by atoms with Crippen molar-refractivity contribution in [3.63, 3.8) is 0 Å². The van der Waals surface area contributed by atoms with Gasteiger partial charge in [-0.2, -0.15) is 5.21 Å². The molecule has 1 aromatic heterocycles. The number of rotatable bonds is 5. The maximum absolute atomic E-state index is 12.4. The van der Waals surface area contributed by atoms with Crippen LogP contribution in [0.25, 0.3) is 0 Å². The molecule has 1 unspecified atom stereocenters. The first kappa shape index (κ1) is 16.7. The molecule has 0 aromatic carbocycles. The van der Waals surface area contributed by atoms with Crippen molar-refractivity contribution in [3.05, 3.63) is 5.69 Å². The zero-order valence-electron chi connectivity index (χ0n) is 14.3. The standard InChI is InChI=1S/C16H26N6O2/c1-2-3-6-12-7-10-22(11-12)16(24)17-14-13(18-20-19-14)15(23)21-8-4-5-9-21/h12H,2-11H2,1H3,(H2,17,18,19,20,24). The Morgan fingerprint density at radius 1 is 1.21 bits per heavy atom. The average molecular weight is 334 g/mol. The summed E-state index contributed by atoms with van der Waals surface area (Å²) in [6, 6.07) is -0.196. The molecule has 8 heteroatoms. The van der Waals surface area contributed by atoms with E-state index in [9.17, 15) is 9.59 Å². The molecule has 3 amide bonds.